The smallest absolute Gasteiger partial charge is 0.264 e. The van der Waals surface area contributed by atoms with Crippen molar-refractivity contribution in [3.05, 3.63) is 90.5 Å². The van der Waals surface area contributed by atoms with E-state index in [0.29, 0.717) is 17.3 Å². The summed E-state index contributed by atoms with van der Waals surface area (Å²) >= 11 is 0. The van der Waals surface area contributed by atoms with Crippen LogP contribution in [-0.2, 0) is 14.8 Å². The van der Waals surface area contributed by atoms with Gasteiger partial charge in [-0.2, -0.15) is 0 Å². The van der Waals surface area contributed by atoms with Crippen LogP contribution in [0.15, 0.2) is 89.8 Å². The van der Waals surface area contributed by atoms with E-state index in [-0.39, 0.29) is 23.4 Å². The Morgan fingerprint density at radius 1 is 0.906 bits per heavy atom. The second-order valence-electron chi connectivity index (χ2n) is 7.90. The topological polar surface area (TPSA) is 78.5 Å². The van der Waals surface area contributed by atoms with Crippen LogP contribution < -0.4 is 14.9 Å². The molecule has 1 amide bonds. The quantitative estimate of drug-likeness (QED) is 0.504. The third-order valence-corrected chi connectivity index (χ3v) is 6.99. The van der Waals surface area contributed by atoms with Gasteiger partial charge in [0.25, 0.3) is 10.0 Å². The number of anilines is 2. The summed E-state index contributed by atoms with van der Waals surface area (Å²) in [6.07, 6.45) is 0. The van der Waals surface area contributed by atoms with Crippen molar-refractivity contribution in [2.24, 2.45) is 5.92 Å². The molecule has 168 valence electrons. The van der Waals surface area contributed by atoms with E-state index in [9.17, 15) is 13.2 Å². The number of amides is 1. The van der Waals surface area contributed by atoms with Gasteiger partial charge < -0.3 is 10.6 Å². The molecule has 3 aromatic carbocycles. The van der Waals surface area contributed by atoms with E-state index < -0.39 is 10.0 Å². The van der Waals surface area contributed by atoms with Crippen molar-refractivity contribution in [3.63, 3.8) is 0 Å². The van der Waals surface area contributed by atoms with Crippen molar-refractivity contribution in [2.45, 2.75) is 24.8 Å². The van der Waals surface area contributed by atoms with Gasteiger partial charge in [-0.25, -0.2) is 8.42 Å². The second-order valence-corrected chi connectivity index (χ2v) is 9.87. The molecule has 6 nitrogen and oxygen atoms in total. The molecule has 0 fully saturated rings. The summed E-state index contributed by atoms with van der Waals surface area (Å²) < 4.78 is 27.3. The van der Waals surface area contributed by atoms with E-state index in [1.54, 1.807) is 36.4 Å². The maximum Gasteiger partial charge on any atom is 0.264 e. The molecule has 7 heteroatoms. The Kier molecular flexibility index (Phi) is 7.66. The van der Waals surface area contributed by atoms with Crippen LogP contribution in [0, 0.1) is 5.92 Å². The maximum absolute atomic E-state index is 13.0. The SMILES string of the molecule is CC(C)[C@@H](NCC(=O)Nc1cccc(S(=O)(=O)N(C)c2ccccc2)c1)c1ccccc1. The largest absolute Gasteiger partial charge is 0.325 e. The van der Waals surface area contributed by atoms with Gasteiger partial charge in [0.15, 0.2) is 0 Å². The van der Waals surface area contributed by atoms with Gasteiger partial charge in [-0.05, 0) is 41.8 Å². The summed E-state index contributed by atoms with van der Waals surface area (Å²) in [5.41, 5.74) is 2.11. The number of nitrogens with zero attached hydrogens (tertiary/aromatic N) is 1. The average molecular weight is 452 g/mol. The molecule has 1 atom stereocenters. The third-order valence-electron chi connectivity index (χ3n) is 5.20. The highest BCUT2D eigenvalue weighted by molar-refractivity contribution is 7.92. The number of benzene rings is 3. The predicted molar refractivity (Wildman–Crippen MR) is 129 cm³/mol. The molecule has 0 radical (unpaired) electrons. The molecule has 0 unspecified atom stereocenters. The Hall–Kier alpha value is -3.16. The van der Waals surface area contributed by atoms with Crippen molar-refractivity contribution in [1.29, 1.82) is 0 Å². The number of sulfonamides is 1. The lowest BCUT2D eigenvalue weighted by Gasteiger charge is -2.23. The summed E-state index contributed by atoms with van der Waals surface area (Å²) in [7, 11) is -2.25. The number of carbonyl (C=O) groups is 1. The fourth-order valence-electron chi connectivity index (χ4n) is 3.48. The van der Waals surface area contributed by atoms with Gasteiger partial charge in [0.1, 0.15) is 0 Å². The molecule has 2 N–H and O–H groups in total. The van der Waals surface area contributed by atoms with E-state index in [0.717, 1.165) is 5.56 Å². The molecule has 0 aliphatic rings. The fraction of sp³-hybridized carbons (Fsp3) is 0.240. The van der Waals surface area contributed by atoms with Crippen LogP contribution in [0.4, 0.5) is 11.4 Å². The minimum absolute atomic E-state index is 0.0354. The van der Waals surface area contributed by atoms with Gasteiger partial charge in [-0.1, -0.05) is 68.4 Å². The van der Waals surface area contributed by atoms with Crippen LogP contribution in [0.2, 0.25) is 0 Å². The first-order valence-corrected chi connectivity index (χ1v) is 12.0. The summed E-state index contributed by atoms with van der Waals surface area (Å²) in [6.45, 7) is 4.30. The Morgan fingerprint density at radius 3 is 2.16 bits per heavy atom. The van der Waals surface area contributed by atoms with Crippen LogP contribution in [0.25, 0.3) is 0 Å². The lowest BCUT2D eigenvalue weighted by molar-refractivity contribution is -0.115. The third kappa shape index (κ3) is 5.75. The lowest BCUT2D eigenvalue weighted by Crippen LogP contribution is -2.33. The highest BCUT2D eigenvalue weighted by Gasteiger charge is 2.22. The molecule has 0 spiro atoms. The standard InChI is InChI=1S/C25H29N3O3S/c1-19(2)25(20-11-6-4-7-12-20)26-18-24(29)27-21-13-10-16-23(17-21)32(30,31)28(3)22-14-8-5-9-15-22/h4-17,19,25-26H,18H2,1-3H3,(H,27,29)/t25-/m1/s1. The molecule has 0 heterocycles. The van der Waals surface area contributed by atoms with Crippen molar-refractivity contribution in [2.75, 3.05) is 23.2 Å². The molecule has 0 bridgehead atoms. The number of hydrogen-bond acceptors (Lipinski definition) is 4. The van der Waals surface area contributed by atoms with E-state index in [4.69, 9.17) is 0 Å². The molecule has 0 aromatic heterocycles. The van der Waals surface area contributed by atoms with Crippen LogP contribution in [0.1, 0.15) is 25.5 Å². The molecule has 0 aliphatic carbocycles. The van der Waals surface area contributed by atoms with E-state index in [1.165, 1.54) is 23.5 Å². The molecule has 32 heavy (non-hydrogen) atoms. The number of hydrogen-bond donors (Lipinski definition) is 2. The van der Waals surface area contributed by atoms with Crippen LogP contribution in [0.3, 0.4) is 0 Å². The van der Waals surface area contributed by atoms with Crippen molar-refractivity contribution in [1.82, 2.24) is 5.32 Å². The van der Waals surface area contributed by atoms with Crippen LogP contribution in [-0.4, -0.2) is 27.9 Å². The molecule has 0 aliphatic heterocycles. The van der Waals surface area contributed by atoms with Gasteiger partial charge in [0.2, 0.25) is 5.91 Å². The predicted octanol–water partition coefficient (Wildman–Crippen LogP) is 4.44. The summed E-state index contributed by atoms with van der Waals surface area (Å²) in [5, 5.41) is 6.10. The number of carbonyl (C=O) groups excluding carboxylic acids is 1. The molecular weight excluding hydrogens is 422 g/mol. The first-order valence-electron chi connectivity index (χ1n) is 10.5. The van der Waals surface area contributed by atoms with Crippen molar-refractivity contribution in [3.8, 4) is 0 Å². The molecular formula is C25H29N3O3S. The zero-order valence-corrected chi connectivity index (χ0v) is 19.3. The summed E-state index contributed by atoms with van der Waals surface area (Å²) in [6, 6.07) is 25.2. The minimum Gasteiger partial charge on any atom is -0.325 e. The Labute approximate surface area is 190 Å². The highest BCUT2D eigenvalue weighted by atomic mass is 32.2. The average Bonchev–Trinajstić information content (AvgIpc) is 2.80. The summed E-state index contributed by atoms with van der Waals surface area (Å²) in [4.78, 5) is 12.7. The zero-order valence-electron chi connectivity index (χ0n) is 18.5. The van der Waals surface area contributed by atoms with Gasteiger partial charge in [-0.15, -0.1) is 0 Å². The van der Waals surface area contributed by atoms with Crippen LogP contribution in [0.5, 0.6) is 0 Å². The molecule has 0 saturated carbocycles. The van der Waals surface area contributed by atoms with Gasteiger partial charge in [0.05, 0.1) is 17.1 Å². The van der Waals surface area contributed by atoms with Crippen LogP contribution >= 0.6 is 0 Å². The van der Waals surface area contributed by atoms with Gasteiger partial charge in [0, 0.05) is 18.8 Å². The minimum atomic E-state index is -3.76. The van der Waals surface area contributed by atoms with Gasteiger partial charge in [-0.3, -0.25) is 9.10 Å². The van der Waals surface area contributed by atoms with Gasteiger partial charge >= 0.3 is 0 Å². The monoisotopic (exact) mass is 451 g/mol. The Balaban J connectivity index is 1.68. The maximum atomic E-state index is 13.0. The normalized spacial score (nSPS) is 12.4. The first-order chi connectivity index (χ1) is 15.3. The van der Waals surface area contributed by atoms with E-state index in [1.807, 2.05) is 36.4 Å². The molecule has 3 aromatic rings. The Bertz CT molecular complexity index is 1130. The van der Waals surface area contributed by atoms with Crippen molar-refractivity contribution < 1.29 is 13.2 Å². The van der Waals surface area contributed by atoms with E-state index >= 15 is 0 Å². The number of rotatable bonds is 9. The Morgan fingerprint density at radius 2 is 1.53 bits per heavy atom. The van der Waals surface area contributed by atoms with Crippen molar-refractivity contribution >= 4 is 27.3 Å². The second kappa shape index (κ2) is 10.4. The summed E-state index contributed by atoms with van der Waals surface area (Å²) in [5.74, 6) is 0.0599. The number of nitrogens with one attached hydrogen (secondary N) is 2. The fourth-order valence-corrected chi connectivity index (χ4v) is 4.72. The number of para-hydroxylation sites is 1. The molecule has 3 rings (SSSR count). The van der Waals surface area contributed by atoms with E-state index in [2.05, 4.69) is 24.5 Å². The molecule has 0 saturated heterocycles. The first kappa shape index (κ1) is 23.5. The lowest BCUT2D eigenvalue weighted by atomic mass is 9.96. The zero-order chi connectivity index (χ0) is 23.1. The highest BCUT2D eigenvalue weighted by Crippen LogP contribution is 2.24.